The zero-order valence-electron chi connectivity index (χ0n) is 27.5. The van der Waals surface area contributed by atoms with E-state index in [9.17, 15) is 14.7 Å². The zero-order valence-corrected chi connectivity index (χ0v) is 27.5. The van der Waals surface area contributed by atoms with Crippen LogP contribution in [0.15, 0.2) is 143 Å². The van der Waals surface area contributed by atoms with E-state index in [1.54, 1.807) is 20.3 Å². The van der Waals surface area contributed by atoms with Crippen molar-refractivity contribution in [3.05, 3.63) is 171 Å². The van der Waals surface area contributed by atoms with E-state index in [4.69, 9.17) is 23.7 Å². The molecule has 1 aliphatic rings. The lowest BCUT2D eigenvalue weighted by atomic mass is 9.80. The lowest BCUT2D eigenvalue weighted by molar-refractivity contribution is -0.0955. The number of nitrogens with zero attached hydrogens (tertiary/aromatic N) is 1. The van der Waals surface area contributed by atoms with Crippen LogP contribution in [0.4, 0.5) is 0 Å². The Morgan fingerprint density at radius 2 is 1.34 bits per heavy atom. The lowest BCUT2D eigenvalue weighted by Crippen LogP contribution is -2.42. The largest absolute Gasteiger partial charge is 0.497 e. The summed E-state index contributed by atoms with van der Waals surface area (Å²) < 4.78 is 32.1. The number of hydrogen-bond acceptors (Lipinski definition) is 8. The molecule has 254 valence electrons. The maximum Gasteiger partial charge on any atom is 0.330 e. The van der Waals surface area contributed by atoms with Crippen LogP contribution in [0.5, 0.6) is 17.2 Å². The Morgan fingerprint density at radius 1 is 0.740 bits per heavy atom. The molecule has 0 amide bonds. The third kappa shape index (κ3) is 6.16. The summed E-state index contributed by atoms with van der Waals surface area (Å²) in [5.41, 5.74) is 0.0145. The predicted molar refractivity (Wildman–Crippen MR) is 188 cm³/mol. The van der Waals surface area contributed by atoms with Crippen molar-refractivity contribution in [1.82, 2.24) is 9.55 Å². The minimum Gasteiger partial charge on any atom is -0.497 e. The van der Waals surface area contributed by atoms with Gasteiger partial charge in [0.1, 0.15) is 35.1 Å². The van der Waals surface area contributed by atoms with Crippen molar-refractivity contribution in [2.24, 2.45) is 0 Å². The van der Waals surface area contributed by atoms with Crippen molar-refractivity contribution in [3.8, 4) is 17.2 Å². The third-order valence-electron chi connectivity index (χ3n) is 9.09. The summed E-state index contributed by atoms with van der Waals surface area (Å²) in [5, 5.41) is 13.7. The molecule has 1 unspecified atom stereocenters. The van der Waals surface area contributed by atoms with Gasteiger partial charge in [-0.3, -0.25) is 14.3 Å². The minimum atomic E-state index is -1.25. The van der Waals surface area contributed by atoms with E-state index >= 15 is 0 Å². The van der Waals surface area contributed by atoms with E-state index in [1.807, 2.05) is 115 Å². The average Bonchev–Trinajstić information content (AvgIpc) is 3.46. The third-order valence-corrected chi connectivity index (χ3v) is 9.09. The summed E-state index contributed by atoms with van der Waals surface area (Å²) in [6.45, 7) is -0.113. The van der Waals surface area contributed by atoms with Crippen LogP contribution in [0.1, 0.15) is 22.9 Å². The summed E-state index contributed by atoms with van der Waals surface area (Å²) in [4.78, 5) is 27.3. The second-order valence-electron chi connectivity index (χ2n) is 11.9. The summed E-state index contributed by atoms with van der Waals surface area (Å²) >= 11 is 0. The van der Waals surface area contributed by atoms with E-state index in [-0.39, 0.29) is 6.61 Å². The smallest absolute Gasteiger partial charge is 0.330 e. The molecule has 5 aromatic carbocycles. The Bertz CT molecular complexity index is 2130. The highest BCUT2D eigenvalue weighted by atomic mass is 16.6. The fourth-order valence-corrected chi connectivity index (χ4v) is 6.56. The van der Waals surface area contributed by atoms with Gasteiger partial charge in [-0.05, 0) is 52.4 Å². The number of nitrogens with one attached hydrogen (secondary N) is 1. The van der Waals surface area contributed by atoms with Gasteiger partial charge < -0.3 is 28.8 Å². The number of aromatic amines is 1. The molecule has 0 bridgehead atoms. The van der Waals surface area contributed by atoms with Gasteiger partial charge in [-0.15, -0.1) is 0 Å². The van der Waals surface area contributed by atoms with Crippen molar-refractivity contribution in [2.45, 2.75) is 30.1 Å². The number of hydrogen-bond donors (Lipinski definition) is 2. The van der Waals surface area contributed by atoms with Crippen LogP contribution >= 0.6 is 0 Å². The number of fused-ring (bicyclic) bond motifs is 1. The fourth-order valence-electron chi connectivity index (χ4n) is 6.56. The van der Waals surface area contributed by atoms with E-state index < -0.39 is 41.4 Å². The SMILES string of the molecule is COc1ccc(C(OC[C@H]2O[C@@H](n3ccc(=O)[nH]c3=O)[C@@H](Oc3cccc4ccccc34)C2O)(c2ccccc2)c2ccc(OC)cc2)cc1. The summed E-state index contributed by atoms with van der Waals surface area (Å²) in [7, 11) is 3.22. The normalized spacial score (nSPS) is 18.9. The van der Waals surface area contributed by atoms with Gasteiger partial charge in [0.25, 0.3) is 5.56 Å². The first-order chi connectivity index (χ1) is 24.4. The highest BCUT2D eigenvalue weighted by Gasteiger charge is 2.49. The fraction of sp³-hybridized carbons (Fsp3) is 0.200. The number of aliphatic hydroxyl groups excluding tert-OH is 1. The predicted octanol–water partition coefficient (Wildman–Crippen LogP) is 5.42. The number of ether oxygens (including phenoxy) is 5. The monoisotopic (exact) mass is 672 g/mol. The first-order valence-electron chi connectivity index (χ1n) is 16.2. The molecular weight excluding hydrogens is 636 g/mol. The van der Waals surface area contributed by atoms with Crippen molar-refractivity contribution in [3.63, 3.8) is 0 Å². The summed E-state index contributed by atoms with van der Waals surface area (Å²) in [6, 6.07) is 39.6. The second kappa shape index (κ2) is 14.0. The maximum atomic E-state index is 13.1. The van der Waals surface area contributed by atoms with Gasteiger partial charge in [-0.25, -0.2) is 4.79 Å². The van der Waals surface area contributed by atoms with Crippen molar-refractivity contribution in [2.75, 3.05) is 20.8 Å². The lowest BCUT2D eigenvalue weighted by Gasteiger charge is -2.37. The van der Waals surface area contributed by atoms with E-state index in [1.165, 1.54) is 16.8 Å². The van der Waals surface area contributed by atoms with Crippen molar-refractivity contribution in [1.29, 1.82) is 0 Å². The van der Waals surface area contributed by atoms with Gasteiger partial charge in [0.15, 0.2) is 12.3 Å². The highest BCUT2D eigenvalue weighted by Crippen LogP contribution is 2.43. The van der Waals surface area contributed by atoms with Crippen LogP contribution in [0.2, 0.25) is 0 Å². The summed E-state index contributed by atoms with van der Waals surface area (Å²) in [5.74, 6) is 1.88. The van der Waals surface area contributed by atoms with Gasteiger partial charge in [0, 0.05) is 17.6 Å². The Balaban J connectivity index is 1.30. The molecule has 1 aromatic heterocycles. The van der Waals surface area contributed by atoms with E-state index in [0.29, 0.717) is 17.2 Å². The molecule has 6 aromatic rings. The van der Waals surface area contributed by atoms with Crippen molar-refractivity contribution >= 4 is 10.8 Å². The summed E-state index contributed by atoms with van der Waals surface area (Å²) in [6.07, 6.45) is -3.03. The van der Waals surface area contributed by atoms with E-state index in [0.717, 1.165) is 27.5 Å². The molecule has 10 heteroatoms. The van der Waals surface area contributed by atoms with Gasteiger partial charge >= 0.3 is 5.69 Å². The standard InChI is InChI=1S/C40H36N2O8/c1-46-30-19-15-28(16-20-30)40(27-11-4-3-5-12-27,29-17-21-31(47-2)22-18-29)48-25-34-36(44)37(38(50-34)42-24-23-35(43)41-39(42)45)49-33-14-8-10-26-9-6-7-13-32(26)33/h3-24,34,36-38,44H,25H2,1-2H3,(H,41,43,45)/t34-,36?,37+,38-/m1/s1. The molecule has 0 saturated carbocycles. The molecular formula is C40H36N2O8. The molecule has 0 aliphatic carbocycles. The number of H-pyrrole nitrogens is 1. The molecule has 1 aliphatic heterocycles. The quantitative estimate of drug-likeness (QED) is 0.175. The van der Waals surface area contributed by atoms with Crippen LogP contribution < -0.4 is 25.5 Å². The van der Waals surface area contributed by atoms with E-state index in [2.05, 4.69) is 4.98 Å². The Kier molecular flexibility index (Phi) is 9.23. The molecule has 7 rings (SSSR count). The van der Waals surface area contributed by atoms with Gasteiger partial charge in [-0.1, -0.05) is 91.0 Å². The van der Waals surface area contributed by atoms with Gasteiger partial charge in [-0.2, -0.15) is 0 Å². The average molecular weight is 673 g/mol. The minimum absolute atomic E-state index is 0.113. The molecule has 4 atom stereocenters. The Labute approximate surface area is 288 Å². The Morgan fingerprint density at radius 3 is 1.98 bits per heavy atom. The molecule has 2 N–H and O–H groups in total. The molecule has 50 heavy (non-hydrogen) atoms. The van der Waals surface area contributed by atoms with Crippen molar-refractivity contribution < 1.29 is 28.8 Å². The second-order valence-corrected chi connectivity index (χ2v) is 11.9. The van der Waals surface area contributed by atoms with Gasteiger partial charge in [0.2, 0.25) is 0 Å². The molecule has 1 fully saturated rings. The van der Waals surface area contributed by atoms with Crippen LogP contribution in [-0.4, -0.2) is 53.8 Å². The molecule has 2 heterocycles. The van der Waals surface area contributed by atoms with Crippen LogP contribution in [0.3, 0.4) is 0 Å². The van der Waals surface area contributed by atoms with Crippen LogP contribution in [-0.2, 0) is 15.1 Å². The maximum absolute atomic E-state index is 13.1. The highest BCUT2D eigenvalue weighted by molar-refractivity contribution is 5.88. The first-order valence-corrected chi connectivity index (χ1v) is 16.2. The number of aromatic nitrogens is 2. The molecule has 0 spiro atoms. The van der Waals surface area contributed by atoms with Crippen LogP contribution in [0, 0.1) is 0 Å². The molecule has 10 nitrogen and oxygen atoms in total. The van der Waals surface area contributed by atoms with Crippen LogP contribution in [0.25, 0.3) is 10.8 Å². The first kappa shape index (κ1) is 32.8. The molecule has 1 saturated heterocycles. The number of methoxy groups -OCH3 is 2. The van der Waals surface area contributed by atoms with Gasteiger partial charge in [0.05, 0.1) is 20.8 Å². The zero-order chi connectivity index (χ0) is 34.7. The topological polar surface area (TPSA) is 121 Å². The Hall–Kier alpha value is -5.68. The number of aliphatic hydroxyl groups is 1. The number of rotatable bonds is 11. The molecule has 0 radical (unpaired) electrons. The number of benzene rings is 5.